The molecule has 2 heterocycles. The third-order valence-electron chi connectivity index (χ3n) is 4.42. The summed E-state index contributed by atoms with van der Waals surface area (Å²) in [4.78, 5) is 12.3. The lowest BCUT2D eigenvalue weighted by Gasteiger charge is -2.30. The normalized spacial score (nSPS) is 27.0. The van der Waals surface area contributed by atoms with Gasteiger partial charge in [-0.05, 0) is 58.6 Å². The second-order valence-electron chi connectivity index (χ2n) is 6.80. The number of hydrogen-bond donors (Lipinski definition) is 1. The molecule has 3 atom stereocenters. The zero-order valence-corrected chi connectivity index (χ0v) is 13.6. The molecule has 1 N–H and O–H groups in total. The topological polar surface area (TPSA) is 47.6 Å². The van der Waals surface area contributed by atoms with E-state index in [-0.39, 0.29) is 18.2 Å². The second kappa shape index (κ2) is 6.29. The molecule has 3 rings (SSSR count). The van der Waals surface area contributed by atoms with E-state index in [0.29, 0.717) is 23.4 Å². The lowest BCUT2D eigenvalue weighted by molar-refractivity contribution is 0.0368. The number of aryl methyl sites for hydroxylation is 1. The fourth-order valence-corrected chi connectivity index (χ4v) is 3.46. The summed E-state index contributed by atoms with van der Waals surface area (Å²) in [6.45, 7) is 5.69. The van der Waals surface area contributed by atoms with Crippen LogP contribution in [0.2, 0.25) is 0 Å². The smallest absolute Gasteiger partial charge is 0.342 e. The second-order valence-corrected chi connectivity index (χ2v) is 6.80. The van der Waals surface area contributed by atoms with Gasteiger partial charge in [0.2, 0.25) is 0 Å². The SMILES string of the molecule is Cc1ccc(OC2C[C@H]3CC[C@@H](C2)N3)c(C(=O)OC(C)C)c1. The van der Waals surface area contributed by atoms with Crippen molar-refractivity contribution in [2.45, 2.75) is 70.7 Å². The summed E-state index contributed by atoms with van der Waals surface area (Å²) in [5, 5.41) is 3.61. The molecule has 0 radical (unpaired) electrons. The highest BCUT2D eigenvalue weighted by molar-refractivity contribution is 5.92. The highest BCUT2D eigenvalue weighted by Gasteiger charge is 2.35. The van der Waals surface area contributed by atoms with Crippen LogP contribution in [0.1, 0.15) is 55.5 Å². The Morgan fingerprint density at radius 3 is 2.55 bits per heavy atom. The molecule has 1 aromatic rings. The van der Waals surface area contributed by atoms with E-state index in [0.717, 1.165) is 18.4 Å². The summed E-state index contributed by atoms with van der Waals surface area (Å²) < 4.78 is 11.5. The van der Waals surface area contributed by atoms with Gasteiger partial charge in [0.05, 0.1) is 6.10 Å². The molecule has 2 fully saturated rings. The van der Waals surface area contributed by atoms with E-state index in [1.807, 2.05) is 39.0 Å². The molecular weight excluding hydrogens is 278 g/mol. The zero-order valence-electron chi connectivity index (χ0n) is 13.6. The van der Waals surface area contributed by atoms with E-state index in [4.69, 9.17) is 9.47 Å². The van der Waals surface area contributed by atoms with Crippen molar-refractivity contribution in [3.63, 3.8) is 0 Å². The van der Waals surface area contributed by atoms with Crippen LogP contribution in [0.3, 0.4) is 0 Å². The van der Waals surface area contributed by atoms with Crippen molar-refractivity contribution in [1.29, 1.82) is 0 Å². The molecule has 2 aliphatic rings. The van der Waals surface area contributed by atoms with Gasteiger partial charge in [0, 0.05) is 12.1 Å². The first kappa shape index (κ1) is 15.3. The number of rotatable bonds is 4. The minimum Gasteiger partial charge on any atom is -0.489 e. The molecule has 0 aromatic heterocycles. The lowest BCUT2D eigenvalue weighted by Crippen LogP contribution is -2.42. The summed E-state index contributed by atoms with van der Waals surface area (Å²) >= 11 is 0. The van der Waals surface area contributed by atoms with Gasteiger partial charge in [-0.3, -0.25) is 0 Å². The average molecular weight is 303 g/mol. The predicted octanol–water partition coefficient (Wildman–Crippen LogP) is 3.22. The summed E-state index contributed by atoms with van der Waals surface area (Å²) in [5.41, 5.74) is 1.58. The van der Waals surface area contributed by atoms with Gasteiger partial charge in [0.25, 0.3) is 0 Å². The average Bonchev–Trinajstić information content (AvgIpc) is 2.79. The monoisotopic (exact) mass is 303 g/mol. The molecule has 22 heavy (non-hydrogen) atoms. The Hall–Kier alpha value is -1.55. The van der Waals surface area contributed by atoms with Crippen LogP contribution < -0.4 is 10.1 Å². The van der Waals surface area contributed by atoms with E-state index < -0.39 is 0 Å². The first-order valence-electron chi connectivity index (χ1n) is 8.25. The van der Waals surface area contributed by atoms with Gasteiger partial charge in [0.1, 0.15) is 17.4 Å². The van der Waals surface area contributed by atoms with E-state index in [2.05, 4.69) is 5.32 Å². The van der Waals surface area contributed by atoms with Gasteiger partial charge in [-0.2, -0.15) is 0 Å². The fraction of sp³-hybridized carbons (Fsp3) is 0.611. The number of nitrogens with one attached hydrogen (secondary N) is 1. The van der Waals surface area contributed by atoms with Crippen molar-refractivity contribution in [3.8, 4) is 5.75 Å². The number of hydrogen-bond acceptors (Lipinski definition) is 4. The summed E-state index contributed by atoms with van der Waals surface area (Å²) in [6.07, 6.45) is 4.57. The number of piperidine rings is 1. The summed E-state index contributed by atoms with van der Waals surface area (Å²) in [5.74, 6) is 0.355. The van der Waals surface area contributed by atoms with E-state index in [1.54, 1.807) is 0 Å². The van der Waals surface area contributed by atoms with Crippen LogP contribution in [0.4, 0.5) is 0 Å². The van der Waals surface area contributed by atoms with Crippen molar-refractivity contribution >= 4 is 5.97 Å². The van der Waals surface area contributed by atoms with Crippen molar-refractivity contribution in [2.24, 2.45) is 0 Å². The van der Waals surface area contributed by atoms with Crippen LogP contribution in [0.25, 0.3) is 0 Å². The number of esters is 1. The van der Waals surface area contributed by atoms with Gasteiger partial charge in [-0.15, -0.1) is 0 Å². The van der Waals surface area contributed by atoms with Crippen molar-refractivity contribution < 1.29 is 14.3 Å². The maximum Gasteiger partial charge on any atom is 0.342 e. The molecule has 120 valence electrons. The van der Waals surface area contributed by atoms with E-state index in [9.17, 15) is 4.79 Å². The predicted molar refractivity (Wildman–Crippen MR) is 85.3 cm³/mol. The molecule has 2 saturated heterocycles. The van der Waals surface area contributed by atoms with Gasteiger partial charge in [0.15, 0.2) is 0 Å². The Bertz CT molecular complexity index is 543. The third kappa shape index (κ3) is 3.43. The molecule has 0 amide bonds. The van der Waals surface area contributed by atoms with Crippen LogP contribution in [-0.2, 0) is 4.74 Å². The molecule has 1 unspecified atom stereocenters. The zero-order chi connectivity index (χ0) is 15.7. The molecule has 2 bridgehead atoms. The molecule has 0 spiro atoms. The van der Waals surface area contributed by atoms with E-state index >= 15 is 0 Å². The fourth-order valence-electron chi connectivity index (χ4n) is 3.46. The van der Waals surface area contributed by atoms with Crippen molar-refractivity contribution in [1.82, 2.24) is 5.32 Å². The number of carbonyl (C=O) groups is 1. The third-order valence-corrected chi connectivity index (χ3v) is 4.42. The standard InChI is InChI=1S/C18H25NO3/c1-11(2)21-18(20)16-8-12(3)4-7-17(16)22-15-9-13-5-6-14(10-15)19-13/h4,7-8,11,13-15,19H,5-6,9-10H2,1-3H3/t13-,14+,15?. The highest BCUT2D eigenvalue weighted by atomic mass is 16.5. The Morgan fingerprint density at radius 1 is 1.23 bits per heavy atom. The molecular formula is C18H25NO3. The molecule has 0 aliphatic carbocycles. The van der Waals surface area contributed by atoms with Crippen LogP contribution in [0.15, 0.2) is 18.2 Å². The maximum absolute atomic E-state index is 12.3. The van der Waals surface area contributed by atoms with Gasteiger partial charge >= 0.3 is 5.97 Å². The van der Waals surface area contributed by atoms with Crippen LogP contribution >= 0.6 is 0 Å². The largest absolute Gasteiger partial charge is 0.489 e. The molecule has 4 nitrogen and oxygen atoms in total. The molecule has 4 heteroatoms. The number of ether oxygens (including phenoxy) is 2. The van der Waals surface area contributed by atoms with E-state index in [1.165, 1.54) is 12.8 Å². The first-order chi connectivity index (χ1) is 10.5. The van der Waals surface area contributed by atoms with Crippen LogP contribution in [-0.4, -0.2) is 30.3 Å². The van der Waals surface area contributed by atoms with Gasteiger partial charge in [-0.1, -0.05) is 11.6 Å². The van der Waals surface area contributed by atoms with Crippen molar-refractivity contribution in [2.75, 3.05) is 0 Å². The highest BCUT2D eigenvalue weighted by Crippen LogP contribution is 2.31. The first-order valence-corrected chi connectivity index (χ1v) is 8.25. The van der Waals surface area contributed by atoms with Gasteiger partial charge < -0.3 is 14.8 Å². The maximum atomic E-state index is 12.3. The molecule has 1 aromatic carbocycles. The Labute approximate surface area is 132 Å². The minimum absolute atomic E-state index is 0.129. The Balaban J connectivity index is 1.76. The Morgan fingerprint density at radius 2 is 1.91 bits per heavy atom. The number of benzene rings is 1. The summed E-state index contributed by atoms with van der Waals surface area (Å²) in [7, 11) is 0. The lowest BCUT2D eigenvalue weighted by atomic mass is 10.0. The van der Waals surface area contributed by atoms with Crippen LogP contribution in [0, 0.1) is 6.92 Å². The number of fused-ring (bicyclic) bond motifs is 2. The Kier molecular flexibility index (Phi) is 4.39. The van der Waals surface area contributed by atoms with Crippen LogP contribution in [0.5, 0.6) is 5.75 Å². The quantitative estimate of drug-likeness (QED) is 0.868. The number of carbonyl (C=O) groups excluding carboxylic acids is 1. The van der Waals surface area contributed by atoms with Crippen molar-refractivity contribution in [3.05, 3.63) is 29.3 Å². The van der Waals surface area contributed by atoms with Gasteiger partial charge in [-0.25, -0.2) is 4.79 Å². The minimum atomic E-state index is -0.300. The molecule has 0 saturated carbocycles. The summed E-state index contributed by atoms with van der Waals surface area (Å²) in [6, 6.07) is 6.88. The molecule has 2 aliphatic heterocycles.